The summed E-state index contributed by atoms with van der Waals surface area (Å²) in [6, 6.07) is 15.2. The van der Waals surface area contributed by atoms with Gasteiger partial charge in [-0.25, -0.2) is 4.68 Å². The number of piperazine rings is 1. The van der Waals surface area contributed by atoms with Crippen molar-refractivity contribution in [2.45, 2.75) is 57.5 Å². The minimum Gasteiger partial charge on any atom is -0.462 e. The molecule has 1 unspecified atom stereocenters. The molecule has 7 rings (SSSR count). The zero-order chi connectivity index (χ0) is 33.2. The number of benzene rings is 2. The van der Waals surface area contributed by atoms with Crippen LogP contribution in [0.1, 0.15) is 36.2 Å². The van der Waals surface area contributed by atoms with E-state index in [2.05, 4.69) is 62.4 Å². The molecule has 12 nitrogen and oxygen atoms in total. The minimum atomic E-state index is -0.877. The number of ether oxygens (including phenoxy) is 1. The molecule has 250 valence electrons. The highest BCUT2D eigenvalue weighted by molar-refractivity contribution is 6.36. The van der Waals surface area contributed by atoms with Crippen LogP contribution in [0.15, 0.2) is 48.7 Å². The number of nitrogens with zero attached hydrogens (tertiary/aromatic N) is 10. The third-order valence-corrected chi connectivity index (χ3v) is 10.1. The monoisotopic (exact) mass is 668 g/mol. The molecule has 2 fully saturated rings. The van der Waals surface area contributed by atoms with Gasteiger partial charge in [-0.3, -0.25) is 4.90 Å². The normalized spacial score (nSPS) is 21.1. The summed E-state index contributed by atoms with van der Waals surface area (Å²) in [7, 11) is 2.14. The van der Waals surface area contributed by atoms with Gasteiger partial charge in [0.1, 0.15) is 18.7 Å². The van der Waals surface area contributed by atoms with E-state index in [0.29, 0.717) is 44.8 Å². The molecule has 0 saturated carbocycles. The average Bonchev–Trinajstić information content (AvgIpc) is 3.72. The molecule has 1 N–H and O–H groups in total. The zero-order valence-electron chi connectivity index (χ0n) is 27.4. The molecule has 0 spiro atoms. The number of aliphatic hydroxyl groups excluding tert-OH is 1. The molecule has 3 aliphatic rings. The van der Waals surface area contributed by atoms with E-state index in [0.717, 1.165) is 76.6 Å². The number of anilines is 2. The summed E-state index contributed by atoms with van der Waals surface area (Å²) in [4.78, 5) is 18.9. The average molecular weight is 669 g/mol. The number of aryl methyl sites for hydroxylation is 1. The van der Waals surface area contributed by atoms with Crippen molar-refractivity contribution in [3.63, 3.8) is 0 Å². The SMILES string of the molecule is Cc1cn(/C=C/C(O)N2CCN(c3nc(OC[C@@H]4CCCN4C)nc4c3CCN(c3cccc5cccc(Cl)c35)C4)C[C@@H]2CC#N)nn1. The van der Waals surface area contributed by atoms with E-state index in [1.54, 1.807) is 23.2 Å². The summed E-state index contributed by atoms with van der Waals surface area (Å²) < 4.78 is 7.91. The van der Waals surface area contributed by atoms with E-state index in [1.165, 1.54) is 0 Å². The maximum Gasteiger partial charge on any atom is 0.318 e. The number of hydrogen-bond acceptors (Lipinski definition) is 11. The van der Waals surface area contributed by atoms with Crippen LogP contribution in [0.5, 0.6) is 6.01 Å². The zero-order valence-corrected chi connectivity index (χ0v) is 28.2. The summed E-state index contributed by atoms with van der Waals surface area (Å²) in [6.07, 6.45) is 7.56. The lowest BCUT2D eigenvalue weighted by atomic mass is 10.0. The van der Waals surface area contributed by atoms with Crippen LogP contribution in [-0.4, -0.2) is 105 Å². The van der Waals surface area contributed by atoms with Gasteiger partial charge in [0.25, 0.3) is 0 Å². The first-order valence-corrected chi connectivity index (χ1v) is 17.0. The van der Waals surface area contributed by atoms with E-state index >= 15 is 0 Å². The Labute approximate surface area is 285 Å². The second-order valence-corrected chi connectivity index (χ2v) is 13.3. The molecule has 0 radical (unpaired) electrons. The fourth-order valence-corrected chi connectivity index (χ4v) is 7.51. The van der Waals surface area contributed by atoms with E-state index in [-0.39, 0.29) is 12.5 Å². The fourth-order valence-electron chi connectivity index (χ4n) is 7.23. The van der Waals surface area contributed by atoms with Crippen LogP contribution in [0.3, 0.4) is 0 Å². The third kappa shape index (κ3) is 6.69. The maximum atomic E-state index is 11.1. The van der Waals surface area contributed by atoms with Crippen LogP contribution in [0.25, 0.3) is 17.0 Å². The predicted molar refractivity (Wildman–Crippen MR) is 186 cm³/mol. The van der Waals surface area contributed by atoms with Crippen LogP contribution < -0.4 is 14.5 Å². The van der Waals surface area contributed by atoms with Gasteiger partial charge in [0.05, 0.1) is 41.6 Å². The van der Waals surface area contributed by atoms with Gasteiger partial charge < -0.3 is 24.5 Å². The summed E-state index contributed by atoms with van der Waals surface area (Å²) in [5, 5.41) is 31.8. The first-order chi connectivity index (χ1) is 23.4. The Morgan fingerprint density at radius 2 is 1.96 bits per heavy atom. The molecule has 3 atom stereocenters. The molecule has 13 heteroatoms. The first-order valence-electron chi connectivity index (χ1n) is 16.7. The van der Waals surface area contributed by atoms with E-state index in [9.17, 15) is 10.4 Å². The fraction of sp³-hybridized carbons (Fsp3) is 0.457. The van der Waals surface area contributed by atoms with Gasteiger partial charge in [0, 0.05) is 61.1 Å². The lowest BCUT2D eigenvalue weighted by Gasteiger charge is -2.43. The summed E-state index contributed by atoms with van der Waals surface area (Å²) in [5.74, 6) is 0.857. The standard InChI is InChI=1S/C35H41ClN10O2/c1-24-20-45(41-40-24)17-13-32(47)46-19-18-44(21-26(46)11-14-37)34-28-12-16-43(31-10-4-7-25-6-3-9-29(36)33(25)31)22-30(28)38-35(39-34)48-23-27-8-5-15-42(27)2/h3-4,6-7,9-10,13,17,20,26-27,32,47H,5,8,11-12,15-16,18-19,21-23H2,1-2H3/b17-13+/t26-,27-,32?/m0/s1. The second kappa shape index (κ2) is 14.1. The number of nitriles is 1. The number of hydrogen-bond donors (Lipinski definition) is 1. The number of aromatic nitrogens is 5. The van der Waals surface area contributed by atoms with E-state index in [1.807, 2.05) is 24.0 Å². The number of likely N-dealkylation sites (tertiary alicyclic amines) is 1. The van der Waals surface area contributed by atoms with Crippen molar-refractivity contribution in [3.05, 3.63) is 70.6 Å². The van der Waals surface area contributed by atoms with Gasteiger partial charge in [-0.15, -0.1) is 5.10 Å². The Balaban J connectivity index is 1.17. The van der Waals surface area contributed by atoms with Gasteiger partial charge in [0.15, 0.2) is 0 Å². The smallest absolute Gasteiger partial charge is 0.318 e. The highest BCUT2D eigenvalue weighted by atomic mass is 35.5. The van der Waals surface area contributed by atoms with Crippen molar-refractivity contribution >= 4 is 40.1 Å². The molecule has 2 saturated heterocycles. The Morgan fingerprint density at radius 1 is 1.10 bits per heavy atom. The summed E-state index contributed by atoms with van der Waals surface area (Å²) >= 11 is 6.74. The summed E-state index contributed by atoms with van der Waals surface area (Å²) in [5.41, 5.74) is 3.93. The van der Waals surface area contributed by atoms with Crippen molar-refractivity contribution in [1.82, 2.24) is 34.8 Å². The Kier molecular flexibility index (Phi) is 9.45. The second-order valence-electron chi connectivity index (χ2n) is 12.9. The molecule has 2 aromatic heterocycles. The van der Waals surface area contributed by atoms with Crippen molar-refractivity contribution in [2.75, 3.05) is 56.2 Å². The molecular formula is C35H41ClN10O2. The van der Waals surface area contributed by atoms with Gasteiger partial charge in [-0.05, 0) is 63.4 Å². The van der Waals surface area contributed by atoms with Crippen molar-refractivity contribution in [3.8, 4) is 12.1 Å². The maximum absolute atomic E-state index is 11.1. The van der Waals surface area contributed by atoms with Crippen molar-refractivity contribution < 1.29 is 9.84 Å². The molecule has 0 amide bonds. The van der Waals surface area contributed by atoms with E-state index < -0.39 is 6.23 Å². The van der Waals surface area contributed by atoms with Crippen LogP contribution >= 0.6 is 11.6 Å². The van der Waals surface area contributed by atoms with Crippen LogP contribution in [0.2, 0.25) is 5.02 Å². The molecule has 5 heterocycles. The quantitative estimate of drug-likeness (QED) is 0.277. The van der Waals surface area contributed by atoms with Gasteiger partial charge in [-0.1, -0.05) is 41.1 Å². The van der Waals surface area contributed by atoms with Crippen molar-refractivity contribution in [2.24, 2.45) is 0 Å². The topological polar surface area (TPSA) is 123 Å². The number of likely N-dealkylation sites (N-methyl/N-ethyl adjacent to an activating group) is 1. The number of halogens is 1. The van der Waals surface area contributed by atoms with Gasteiger partial charge >= 0.3 is 6.01 Å². The van der Waals surface area contributed by atoms with Gasteiger partial charge in [0.2, 0.25) is 0 Å². The molecule has 3 aliphatic heterocycles. The minimum absolute atomic E-state index is 0.207. The molecule has 2 aromatic carbocycles. The largest absolute Gasteiger partial charge is 0.462 e. The molecule has 4 aromatic rings. The predicted octanol–water partition coefficient (Wildman–Crippen LogP) is 4.11. The molecular weight excluding hydrogens is 628 g/mol. The number of fused-ring (bicyclic) bond motifs is 2. The Bertz CT molecular complexity index is 1830. The van der Waals surface area contributed by atoms with Crippen molar-refractivity contribution in [1.29, 1.82) is 5.26 Å². The van der Waals surface area contributed by atoms with Crippen LogP contribution in [-0.2, 0) is 13.0 Å². The number of aliphatic hydroxyl groups is 1. The van der Waals surface area contributed by atoms with Crippen LogP contribution in [0, 0.1) is 18.3 Å². The Hall–Kier alpha value is -4.28. The Morgan fingerprint density at radius 3 is 2.73 bits per heavy atom. The lowest BCUT2D eigenvalue weighted by molar-refractivity contribution is 0.00443. The molecule has 0 aliphatic carbocycles. The van der Waals surface area contributed by atoms with Gasteiger partial charge in [-0.2, -0.15) is 15.2 Å². The van der Waals surface area contributed by atoms with E-state index in [4.69, 9.17) is 26.3 Å². The lowest BCUT2D eigenvalue weighted by Crippen LogP contribution is -2.56. The summed E-state index contributed by atoms with van der Waals surface area (Å²) in [6.45, 7) is 6.57. The third-order valence-electron chi connectivity index (χ3n) is 9.80. The first kappa shape index (κ1) is 32.3. The van der Waals surface area contributed by atoms with Crippen LogP contribution in [0.4, 0.5) is 11.5 Å². The highest BCUT2D eigenvalue weighted by Gasteiger charge is 2.34. The molecule has 0 bridgehead atoms. The highest BCUT2D eigenvalue weighted by Crippen LogP contribution is 2.37. The molecule has 48 heavy (non-hydrogen) atoms. The number of rotatable bonds is 9.